The van der Waals surface area contributed by atoms with Crippen LogP contribution in [0.2, 0.25) is 0 Å². The molecule has 3 rings (SSSR count). The summed E-state index contributed by atoms with van der Waals surface area (Å²) in [5.74, 6) is 1.41. The van der Waals surface area contributed by atoms with Gasteiger partial charge in [0.2, 0.25) is 0 Å². The number of hydrogen-bond acceptors (Lipinski definition) is 3. The van der Waals surface area contributed by atoms with E-state index in [-0.39, 0.29) is 0 Å². The van der Waals surface area contributed by atoms with Crippen molar-refractivity contribution >= 4 is 28.5 Å². The van der Waals surface area contributed by atoms with Gasteiger partial charge in [-0.2, -0.15) is 0 Å². The van der Waals surface area contributed by atoms with Gasteiger partial charge in [-0.3, -0.25) is 4.57 Å². The van der Waals surface area contributed by atoms with E-state index in [1.54, 1.807) is 11.8 Å². The van der Waals surface area contributed by atoms with Crippen LogP contribution in [-0.4, -0.2) is 15.8 Å². The fourth-order valence-corrected chi connectivity index (χ4v) is 2.91. The Morgan fingerprint density at radius 1 is 1.10 bits per heavy atom. The van der Waals surface area contributed by atoms with Crippen molar-refractivity contribution in [3.63, 3.8) is 0 Å². The molecule has 2 N–H and O–H groups in total. The zero-order valence-corrected chi connectivity index (χ0v) is 13.3. The molecule has 4 heteroatoms. The van der Waals surface area contributed by atoms with Gasteiger partial charge in [0.15, 0.2) is 0 Å². The molecule has 0 saturated heterocycles. The van der Waals surface area contributed by atoms with Crippen molar-refractivity contribution in [2.75, 3.05) is 12.0 Å². The number of thioether (sulfide) groups is 1. The minimum absolute atomic E-state index is 0.346. The van der Waals surface area contributed by atoms with Gasteiger partial charge in [-0.05, 0) is 48.7 Å². The molecule has 0 aliphatic rings. The first-order chi connectivity index (χ1) is 10.1. The summed E-state index contributed by atoms with van der Waals surface area (Å²) in [6.07, 6.45) is 2.09. The molecular formula is C17H19N3S. The second kappa shape index (κ2) is 5.45. The molecule has 0 aliphatic carbocycles. The van der Waals surface area contributed by atoms with Crippen LogP contribution < -0.4 is 5.73 Å². The van der Waals surface area contributed by atoms with Crippen LogP contribution in [0.4, 0.5) is 5.69 Å². The van der Waals surface area contributed by atoms with E-state index >= 15 is 0 Å². The largest absolute Gasteiger partial charge is 0.399 e. The van der Waals surface area contributed by atoms with Crippen molar-refractivity contribution in [1.82, 2.24) is 9.55 Å². The maximum atomic E-state index is 5.88. The van der Waals surface area contributed by atoms with Crippen LogP contribution in [0.15, 0.2) is 47.4 Å². The molecule has 3 nitrogen and oxygen atoms in total. The van der Waals surface area contributed by atoms with Crippen LogP contribution in [0.25, 0.3) is 16.7 Å². The van der Waals surface area contributed by atoms with Crippen LogP contribution >= 0.6 is 11.8 Å². The molecule has 0 aliphatic heterocycles. The standard InChI is InChI=1S/C17H19N3S/c1-11(2)17-19-15-10-12(18)4-9-16(15)20(17)13-5-7-14(21-3)8-6-13/h4-11H,18H2,1-3H3. The summed E-state index contributed by atoms with van der Waals surface area (Å²) in [6.45, 7) is 4.33. The molecule has 0 radical (unpaired) electrons. The third-order valence-electron chi connectivity index (χ3n) is 3.55. The SMILES string of the molecule is CSc1ccc(-n2c(C(C)C)nc3cc(N)ccc32)cc1. The number of nitrogens with zero attached hydrogens (tertiary/aromatic N) is 2. The molecule has 0 saturated carbocycles. The summed E-state index contributed by atoms with van der Waals surface area (Å²) < 4.78 is 2.23. The van der Waals surface area contributed by atoms with Crippen molar-refractivity contribution < 1.29 is 0 Å². The molecule has 21 heavy (non-hydrogen) atoms. The van der Waals surface area contributed by atoms with Gasteiger partial charge in [0.05, 0.1) is 11.0 Å². The van der Waals surface area contributed by atoms with Gasteiger partial charge in [0.25, 0.3) is 0 Å². The lowest BCUT2D eigenvalue weighted by atomic mass is 10.2. The Balaban J connectivity index is 2.25. The lowest BCUT2D eigenvalue weighted by molar-refractivity contribution is 0.759. The predicted molar refractivity (Wildman–Crippen MR) is 91.4 cm³/mol. The minimum Gasteiger partial charge on any atom is -0.399 e. The van der Waals surface area contributed by atoms with E-state index in [1.165, 1.54) is 4.90 Å². The fraction of sp³-hybridized carbons (Fsp3) is 0.235. The van der Waals surface area contributed by atoms with Crippen LogP contribution in [-0.2, 0) is 0 Å². The number of fused-ring (bicyclic) bond motifs is 1. The third kappa shape index (κ3) is 2.51. The summed E-state index contributed by atoms with van der Waals surface area (Å²) in [4.78, 5) is 6.03. The summed E-state index contributed by atoms with van der Waals surface area (Å²) in [6, 6.07) is 14.5. The van der Waals surface area contributed by atoms with E-state index in [0.29, 0.717) is 5.92 Å². The minimum atomic E-state index is 0.346. The molecular weight excluding hydrogens is 278 g/mol. The smallest absolute Gasteiger partial charge is 0.117 e. The predicted octanol–water partition coefficient (Wildman–Crippen LogP) is 4.45. The van der Waals surface area contributed by atoms with Crippen molar-refractivity contribution in [2.24, 2.45) is 0 Å². The Morgan fingerprint density at radius 3 is 2.43 bits per heavy atom. The summed E-state index contributed by atoms with van der Waals surface area (Å²) in [5.41, 5.74) is 9.83. The number of benzene rings is 2. The maximum absolute atomic E-state index is 5.88. The summed E-state index contributed by atoms with van der Waals surface area (Å²) in [7, 11) is 0. The maximum Gasteiger partial charge on any atom is 0.117 e. The van der Waals surface area contributed by atoms with Crippen LogP contribution in [0.5, 0.6) is 0 Å². The van der Waals surface area contributed by atoms with Gasteiger partial charge in [-0.15, -0.1) is 11.8 Å². The number of hydrogen-bond donors (Lipinski definition) is 1. The van der Waals surface area contributed by atoms with Gasteiger partial charge < -0.3 is 5.73 Å². The highest BCUT2D eigenvalue weighted by molar-refractivity contribution is 7.98. The van der Waals surface area contributed by atoms with E-state index < -0.39 is 0 Å². The molecule has 0 fully saturated rings. The Labute approximate surface area is 129 Å². The average molecular weight is 297 g/mol. The van der Waals surface area contributed by atoms with E-state index in [4.69, 9.17) is 10.7 Å². The molecule has 0 atom stereocenters. The molecule has 108 valence electrons. The lowest BCUT2D eigenvalue weighted by Gasteiger charge is -2.12. The van der Waals surface area contributed by atoms with Gasteiger partial charge >= 0.3 is 0 Å². The molecule has 1 aromatic heterocycles. The Bertz CT molecular complexity index is 773. The zero-order chi connectivity index (χ0) is 15.0. The second-order valence-electron chi connectivity index (χ2n) is 5.41. The van der Waals surface area contributed by atoms with Gasteiger partial charge in [0.1, 0.15) is 5.82 Å². The van der Waals surface area contributed by atoms with Crippen molar-refractivity contribution in [3.8, 4) is 5.69 Å². The third-order valence-corrected chi connectivity index (χ3v) is 4.30. The number of aromatic nitrogens is 2. The Kier molecular flexibility index (Phi) is 3.64. The number of rotatable bonds is 3. The summed E-state index contributed by atoms with van der Waals surface area (Å²) >= 11 is 1.75. The van der Waals surface area contributed by atoms with Crippen molar-refractivity contribution in [3.05, 3.63) is 48.3 Å². The molecule has 3 aromatic rings. The van der Waals surface area contributed by atoms with Crippen LogP contribution in [0, 0.1) is 0 Å². The van der Waals surface area contributed by atoms with Crippen molar-refractivity contribution in [1.29, 1.82) is 0 Å². The Hall–Kier alpha value is -1.94. The second-order valence-corrected chi connectivity index (χ2v) is 6.29. The van der Waals surface area contributed by atoms with E-state index in [9.17, 15) is 0 Å². The average Bonchev–Trinajstić information content (AvgIpc) is 2.86. The number of imidazole rings is 1. The van der Waals surface area contributed by atoms with E-state index in [2.05, 4.69) is 48.9 Å². The highest BCUT2D eigenvalue weighted by Crippen LogP contribution is 2.28. The fourth-order valence-electron chi connectivity index (χ4n) is 2.51. The number of nitrogen functional groups attached to an aromatic ring is 1. The highest BCUT2D eigenvalue weighted by Gasteiger charge is 2.15. The zero-order valence-electron chi connectivity index (χ0n) is 12.5. The monoisotopic (exact) mass is 297 g/mol. The Morgan fingerprint density at radius 2 is 1.81 bits per heavy atom. The van der Waals surface area contributed by atoms with E-state index in [1.807, 2.05) is 18.2 Å². The first-order valence-corrected chi connectivity index (χ1v) is 8.25. The van der Waals surface area contributed by atoms with Crippen LogP contribution in [0.3, 0.4) is 0 Å². The summed E-state index contributed by atoms with van der Waals surface area (Å²) in [5, 5.41) is 0. The molecule has 0 unspecified atom stereocenters. The lowest BCUT2D eigenvalue weighted by Crippen LogP contribution is -2.02. The highest BCUT2D eigenvalue weighted by atomic mass is 32.2. The quantitative estimate of drug-likeness (QED) is 0.573. The molecule has 1 heterocycles. The first-order valence-electron chi connectivity index (χ1n) is 7.02. The molecule has 0 spiro atoms. The van der Waals surface area contributed by atoms with E-state index in [0.717, 1.165) is 28.2 Å². The van der Waals surface area contributed by atoms with Gasteiger partial charge in [-0.25, -0.2) is 4.98 Å². The molecule has 0 amide bonds. The van der Waals surface area contributed by atoms with Gasteiger partial charge in [0, 0.05) is 22.2 Å². The normalized spacial score (nSPS) is 11.4. The number of nitrogens with two attached hydrogens (primary N) is 1. The topological polar surface area (TPSA) is 43.8 Å². The van der Waals surface area contributed by atoms with Gasteiger partial charge in [-0.1, -0.05) is 13.8 Å². The number of anilines is 1. The van der Waals surface area contributed by atoms with Crippen LogP contribution in [0.1, 0.15) is 25.6 Å². The molecule has 2 aromatic carbocycles. The first kappa shape index (κ1) is 14.0. The van der Waals surface area contributed by atoms with Crippen molar-refractivity contribution in [2.45, 2.75) is 24.7 Å². The molecule has 0 bridgehead atoms.